The minimum atomic E-state index is -1.45. The van der Waals surface area contributed by atoms with Gasteiger partial charge in [0.15, 0.2) is 18.0 Å². The molecule has 3 N–H and O–H groups in total. The molecule has 1 fully saturated rings. The molecule has 0 radical (unpaired) electrons. The van der Waals surface area contributed by atoms with Gasteiger partial charge in [-0.3, -0.25) is 14.4 Å². The predicted octanol–water partition coefficient (Wildman–Crippen LogP) is 0.865. The number of benzene rings is 2. The lowest BCUT2D eigenvalue weighted by atomic mass is 9.82. The van der Waals surface area contributed by atoms with Gasteiger partial charge in [-0.2, -0.15) is 0 Å². The molecule has 9 heteroatoms. The van der Waals surface area contributed by atoms with E-state index in [1.54, 1.807) is 6.92 Å². The fraction of sp³-hybridized carbons (Fsp3) is 0.318. The molecule has 2 aromatic carbocycles. The molecule has 2 aliphatic rings. The molecule has 1 aliphatic heterocycles. The molecule has 0 aromatic heterocycles. The number of aliphatic hydroxyl groups excluding tert-OH is 2. The average molecular weight is 428 g/mol. The van der Waals surface area contributed by atoms with Crippen molar-refractivity contribution in [1.82, 2.24) is 0 Å². The summed E-state index contributed by atoms with van der Waals surface area (Å²) in [5.41, 5.74) is 0.606. The van der Waals surface area contributed by atoms with Gasteiger partial charge in [-0.05, 0) is 30.7 Å². The molecule has 0 spiro atoms. The maximum absolute atomic E-state index is 13.2. The molecule has 1 saturated heterocycles. The largest absolute Gasteiger partial charge is 0.507 e. The summed E-state index contributed by atoms with van der Waals surface area (Å²) in [5, 5.41) is 30.3. The topological polar surface area (TPSA) is 140 Å². The van der Waals surface area contributed by atoms with Crippen LogP contribution in [0.4, 0.5) is 0 Å². The van der Waals surface area contributed by atoms with Crippen molar-refractivity contribution in [2.45, 2.75) is 38.4 Å². The second-order valence-corrected chi connectivity index (χ2v) is 7.45. The van der Waals surface area contributed by atoms with Gasteiger partial charge in [0.1, 0.15) is 17.6 Å². The van der Waals surface area contributed by atoms with Gasteiger partial charge in [-0.1, -0.05) is 12.1 Å². The molecule has 9 nitrogen and oxygen atoms in total. The van der Waals surface area contributed by atoms with Crippen LogP contribution in [0.3, 0.4) is 0 Å². The van der Waals surface area contributed by atoms with Crippen LogP contribution in [0.25, 0.3) is 0 Å². The highest BCUT2D eigenvalue weighted by molar-refractivity contribution is 6.30. The summed E-state index contributed by atoms with van der Waals surface area (Å²) in [7, 11) is 0. The molecule has 31 heavy (non-hydrogen) atoms. The Balaban J connectivity index is 1.71. The van der Waals surface area contributed by atoms with Gasteiger partial charge >= 0.3 is 5.97 Å². The first-order chi connectivity index (χ1) is 14.7. The summed E-state index contributed by atoms with van der Waals surface area (Å²) in [6.45, 7) is 2.31. The Morgan fingerprint density at radius 1 is 1.13 bits per heavy atom. The number of fused-ring (bicyclic) bond motifs is 2. The van der Waals surface area contributed by atoms with Gasteiger partial charge in [-0.15, -0.1) is 0 Å². The van der Waals surface area contributed by atoms with E-state index in [1.807, 2.05) is 0 Å². The minimum absolute atomic E-state index is 0.0503. The van der Waals surface area contributed by atoms with Crippen LogP contribution in [-0.2, 0) is 14.3 Å². The first kappa shape index (κ1) is 21.0. The zero-order valence-electron chi connectivity index (χ0n) is 16.7. The first-order valence-corrected chi connectivity index (χ1v) is 9.57. The van der Waals surface area contributed by atoms with Crippen molar-refractivity contribution >= 4 is 17.5 Å². The molecule has 0 bridgehead atoms. The van der Waals surface area contributed by atoms with Crippen molar-refractivity contribution in [1.29, 1.82) is 0 Å². The van der Waals surface area contributed by atoms with Crippen molar-refractivity contribution in [3.8, 4) is 11.5 Å². The number of carbonyl (C=O) groups excluding carboxylic acids is 3. The van der Waals surface area contributed by atoms with Crippen LogP contribution in [0.2, 0.25) is 0 Å². The van der Waals surface area contributed by atoms with E-state index in [2.05, 4.69) is 0 Å². The standard InChI is InChI=1S/C22H20O9/c1-9-6-12-16(13(25)7-9)19(27)17-11(18(12)26)4-3-5-14(17)30-22-20(28)21(29-10(2)24)15(8-23)31-22/h3-7,15,20-23,25,28H,8H2,1-2H3/t15-,20-,21-,22+/m1/s1. The normalized spacial score (nSPS) is 24.5. The lowest BCUT2D eigenvalue weighted by molar-refractivity contribution is -0.153. The fourth-order valence-electron chi connectivity index (χ4n) is 3.92. The molecule has 0 saturated carbocycles. The first-order valence-electron chi connectivity index (χ1n) is 9.57. The number of hydrogen-bond donors (Lipinski definition) is 3. The number of phenolic OH excluding ortho intramolecular Hbond substituents is 1. The van der Waals surface area contributed by atoms with E-state index in [9.17, 15) is 29.7 Å². The SMILES string of the molecule is CC(=O)O[C@H]1[C@@H](O)[C@@H](Oc2cccc3c2C(=O)c2c(O)cc(C)cc2C3=O)O[C@@H]1CO. The minimum Gasteiger partial charge on any atom is -0.507 e. The number of phenols is 1. The summed E-state index contributed by atoms with van der Waals surface area (Å²) in [6, 6.07) is 7.32. The Bertz CT molecular complexity index is 1090. The molecule has 2 aromatic rings. The van der Waals surface area contributed by atoms with Crippen LogP contribution < -0.4 is 4.74 Å². The van der Waals surface area contributed by atoms with Crippen LogP contribution in [-0.4, -0.2) is 64.1 Å². The number of hydrogen-bond acceptors (Lipinski definition) is 9. The number of rotatable bonds is 4. The number of carbonyl (C=O) groups is 3. The lowest BCUT2D eigenvalue weighted by Crippen LogP contribution is -2.39. The number of aliphatic hydroxyl groups is 2. The summed E-state index contributed by atoms with van der Waals surface area (Å²) >= 11 is 0. The quantitative estimate of drug-likeness (QED) is 0.516. The maximum Gasteiger partial charge on any atom is 0.303 e. The van der Waals surface area contributed by atoms with Gasteiger partial charge < -0.3 is 29.5 Å². The highest BCUT2D eigenvalue weighted by Crippen LogP contribution is 2.38. The summed E-state index contributed by atoms with van der Waals surface area (Å²) < 4.78 is 16.2. The van der Waals surface area contributed by atoms with E-state index in [4.69, 9.17) is 14.2 Å². The number of aryl methyl sites for hydroxylation is 1. The third kappa shape index (κ3) is 3.46. The zero-order valence-corrected chi connectivity index (χ0v) is 16.7. The molecular weight excluding hydrogens is 408 g/mol. The molecule has 4 atom stereocenters. The van der Waals surface area contributed by atoms with Gasteiger partial charge in [0.25, 0.3) is 0 Å². The van der Waals surface area contributed by atoms with Gasteiger partial charge in [0.05, 0.1) is 17.7 Å². The highest BCUT2D eigenvalue weighted by Gasteiger charge is 2.48. The molecule has 1 heterocycles. The highest BCUT2D eigenvalue weighted by atomic mass is 16.7. The second kappa shape index (κ2) is 7.77. The van der Waals surface area contributed by atoms with E-state index in [0.717, 1.165) is 6.92 Å². The molecule has 1 aliphatic carbocycles. The Hall–Kier alpha value is -3.27. The predicted molar refractivity (Wildman–Crippen MR) is 104 cm³/mol. The van der Waals surface area contributed by atoms with E-state index in [0.29, 0.717) is 5.56 Å². The van der Waals surface area contributed by atoms with Crippen LogP contribution in [0.1, 0.15) is 44.3 Å². The third-order valence-corrected chi connectivity index (χ3v) is 5.25. The Labute approximate surface area is 176 Å². The van der Waals surface area contributed by atoms with E-state index < -0.39 is 48.7 Å². The van der Waals surface area contributed by atoms with Crippen molar-refractivity contribution < 1.29 is 43.9 Å². The van der Waals surface area contributed by atoms with Gasteiger partial charge in [0.2, 0.25) is 12.1 Å². The number of esters is 1. The Kier molecular flexibility index (Phi) is 5.26. The Morgan fingerprint density at radius 2 is 1.87 bits per heavy atom. The maximum atomic E-state index is 13.2. The van der Waals surface area contributed by atoms with Crippen molar-refractivity contribution in [3.05, 3.63) is 58.1 Å². The zero-order chi connectivity index (χ0) is 22.4. The van der Waals surface area contributed by atoms with Crippen molar-refractivity contribution in [2.24, 2.45) is 0 Å². The third-order valence-electron chi connectivity index (χ3n) is 5.25. The van der Waals surface area contributed by atoms with Crippen molar-refractivity contribution in [2.75, 3.05) is 6.61 Å². The van der Waals surface area contributed by atoms with Crippen LogP contribution >= 0.6 is 0 Å². The Morgan fingerprint density at radius 3 is 2.55 bits per heavy atom. The molecule has 0 unspecified atom stereocenters. The second-order valence-electron chi connectivity index (χ2n) is 7.45. The van der Waals surface area contributed by atoms with Crippen LogP contribution in [0, 0.1) is 6.92 Å². The molecule has 0 amide bonds. The summed E-state index contributed by atoms with van der Waals surface area (Å²) in [5.74, 6) is -2.10. The molecule has 4 rings (SSSR count). The smallest absolute Gasteiger partial charge is 0.303 e. The number of ketones is 2. The van der Waals surface area contributed by atoms with Gasteiger partial charge in [0, 0.05) is 18.1 Å². The summed E-state index contributed by atoms with van der Waals surface area (Å²) in [4.78, 5) is 37.5. The van der Waals surface area contributed by atoms with Gasteiger partial charge in [-0.25, -0.2) is 0 Å². The van der Waals surface area contributed by atoms with Crippen molar-refractivity contribution in [3.63, 3.8) is 0 Å². The van der Waals surface area contributed by atoms with Crippen LogP contribution in [0.5, 0.6) is 11.5 Å². The number of aromatic hydroxyl groups is 1. The van der Waals surface area contributed by atoms with E-state index >= 15 is 0 Å². The monoisotopic (exact) mass is 428 g/mol. The number of ether oxygens (including phenoxy) is 3. The van der Waals surface area contributed by atoms with E-state index in [-0.39, 0.29) is 33.8 Å². The van der Waals surface area contributed by atoms with Crippen LogP contribution in [0.15, 0.2) is 30.3 Å². The fourth-order valence-corrected chi connectivity index (χ4v) is 3.92. The molecular formula is C22H20O9. The molecule has 162 valence electrons. The van der Waals surface area contributed by atoms with E-state index in [1.165, 1.54) is 30.3 Å². The summed E-state index contributed by atoms with van der Waals surface area (Å²) in [6.07, 6.45) is -5.02. The average Bonchev–Trinajstić information content (AvgIpc) is 3.00. The lowest BCUT2D eigenvalue weighted by Gasteiger charge is -2.24.